The van der Waals surface area contributed by atoms with Crippen LogP contribution >= 0.6 is 0 Å². The molecule has 0 amide bonds. The highest BCUT2D eigenvalue weighted by Crippen LogP contribution is 2.52. The van der Waals surface area contributed by atoms with Crippen molar-refractivity contribution in [2.24, 2.45) is 0 Å². The van der Waals surface area contributed by atoms with Crippen molar-refractivity contribution in [2.45, 2.75) is 12.3 Å². The molecule has 0 fully saturated rings. The fourth-order valence-corrected chi connectivity index (χ4v) is 4.23. The van der Waals surface area contributed by atoms with Gasteiger partial charge in [0.05, 0.1) is 5.57 Å². The Kier molecular flexibility index (Phi) is 2.67. The Hall–Kier alpha value is -3.15. The van der Waals surface area contributed by atoms with Crippen molar-refractivity contribution in [3.05, 3.63) is 58.2 Å². The minimum atomic E-state index is -0.269. The molecule has 0 radical (unpaired) electrons. The molecule has 0 spiro atoms. The number of benzene rings is 2. The normalized spacial score (nSPS) is 21.5. The predicted octanol–water partition coefficient (Wildman–Crippen LogP) is 2.69. The van der Waals surface area contributed by atoms with Crippen molar-refractivity contribution in [2.75, 3.05) is 20.2 Å². The lowest BCUT2D eigenvalue weighted by Crippen LogP contribution is -2.18. The molecule has 1 aliphatic carbocycles. The molecule has 4 aliphatic rings. The van der Waals surface area contributed by atoms with Gasteiger partial charge in [-0.3, -0.25) is 0 Å². The molecule has 0 N–H and O–H groups in total. The van der Waals surface area contributed by atoms with Gasteiger partial charge in [-0.15, -0.1) is 0 Å². The van der Waals surface area contributed by atoms with E-state index in [1.807, 2.05) is 24.3 Å². The van der Waals surface area contributed by atoms with Gasteiger partial charge in [-0.1, -0.05) is 12.1 Å². The van der Waals surface area contributed by atoms with Gasteiger partial charge in [0, 0.05) is 11.5 Å². The van der Waals surface area contributed by atoms with Crippen LogP contribution in [-0.4, -0.2) is 26.2 Å². The molecule has 6 heteroatoms. The standard InChI is InChI=1S/C20H14O6/c21-20-18-12(7-22-20)5-10-2-4-14-19(26-9-24-14)17(10)16(18)11-1-3-13-15(6-11)25-8-23-13/h1-4,6,16H,5,7-9H2/t16-/m1/s1. The number of rotatable bonds is 1. The summed E-state index contributed by atoms with van der Waals surface area (Å²) >= 11 is 0. The van der Waals surface area contributed by atoms with E-state index in [0.717, 1.165) is 28.0 Å². The Morgan fingerprint density at radius 3 is 2.62 bits per heavy atom. The molecule has 0 unspecified atom stereocenters. The Morgan fingerprint density at radius 1 is 0.846 bits per heavy atom. The highest BCUT2D eigenvalue weighted by molar-refractivity contribution is 5.96. The molecule has 26 heavy (non-hydrogen) atoms. The van der Waals surface area contributed by atoms with Gasteiger partial charge in [-0.25, -0.2) is 4.79 Å². The third kappa shape index (κ3) is 1.78. The molecule has 130 valence electrons. The number of ether oxygens (including phenoxy) is 5. The van der Waals surface area contributed by atoms with E-state index >= 15 is 0 Å². The summed E-state index contributed by atoms with van der Waals surface area (Å²) in [4.78, 5) is 12.5. The molecular weight excluding hydrogens is 336 g/mol. The van der Waals surface area contributed by atoms with Gasteiger partial charge in [0.1, 0.15) is 6.61 Å². The second-order valence-corrected chi connectivity index (χ2v) is 6.69. The summed E-state index contributed by atoms with van der Waals surface area (Å²) in [5, 5.41) is 0. The van der Waals surface area contributed by atoms with Crippen molar-refractivity contribution >= 4 is 5.97 Å². The van der Waals surface area contributed by atoms with E-state index in [1.54, 1.807) is 0 Å². The van der Waals surface area contributed by atoms with E-state index in [4.69, 9.17) is 23.7 Å². The van der Waals surface area contributed by atoms with E-state index in [2.05, 4.69) is 6.07 Å². The first kappa shape index (κ1) is 14.1. The number of fused-ring (bicyclic) bond motifs is 4. The summed E-state index contributed by atoms with van der Waals surface area (Å²) < 4.78 is 27.6. The lowest BCUT2D eigenvalue weighted by atomic mass is 9.75. The second kappa shape index (κ2) is 4.94. The van der Waals surface area contributed by atoms with E-state index in [9.17, 15) is 4.79 Å². The second-order valence-electron chi connectivity index (χ2n) is 6.69. The van der Waals surface area contributed by atoms with Gasteiger partial charge in [0.25, 0.3) is 0 Å². The van der Waals surface area contributed by atoms with Crippen molar-refractivity contribution in [3.8, 4) is 23.0 Å². The maximum absolute atomic E-state index is 12.5. The molecule has 2 aromatic rings. The van der Waals surface area contributed by atoms with Crippen LogP contribution in [0.15, 0.2) is 41.5 Å². The van der Waals surface area contributed by atoms with Crippen molar-refractivity contribution in [1.82, 2.24) is 0 Å². The Bertz CT molecular complexity index is 1010. The first-order valence-electron chi connectivity index (χ1n) is 8.49. The molecule has 3 aliphatic heterocycles. The van der Waals surface area contributed by atoms with Gasteiger partial charge < -0.3 is 23.7 Å². The first-order valence-corrected chi connectivity index (χ1v) is 8.49. The zero-order chi connectivity index (χ0) is 17.3. The zero-order valence-corrected chi connectivity index (χ0v) is 13.7. The van der Waals surface area contributed by atoms with Crippen molar-refractivity contribution < 1.29 is 28.5 Å². The highest BCUT2D eigenvalue weighted by atomic mass is 16.7. The molecule has 6 rings (SSSR count). The minimum absolute atomic E-state index is 0.190. The third-order valence-corrected chi connectivity index (χ3v) is 5.36. The third-order valence-electron chi connectivity index (χ3n) is 5.36. The quantitative estimate of drug-likeness (QED) is 0.737. The molecule has 0 saturated heterocycles. The lowest BCUT2D eigenvalue weighted by Gasteiger charge is -2.27. The predicted molar refractivity (Wildman–Crippen MR) is 88.7 cm³/mol. The number of carbonyl (C=O) groups is 1. The number of hydrogen-bond acceptors (Lipinski definition) is 6. The van der Waals surface area contributed by atoms with E-state index in [-0.39, 0.29) is 25.5 Å². The summed E-state index contributed by atoms with van der Waals surface area (Å²) in [6, 6.07) is 9.77. The van der Waals surface area contributed by atoms with Gasteiger partial charge in [0.2, 0.25) is 13.6 Å². The van der Waals surface area contributed by atoms with Gasteiger partial charge in [0.15, 0.2) is 23.0 Å². The molecular formula is C20H14O6. The van der Waals surface area contributed by atoms with Crippen molar-refractivity contribution in [3.63, 3.8) is 0 Å². The Morgan fingerprint density at radius 2 is 1.65 bits per heavy atom. The Labute approximate surface area is 148 Å². The lowest BCUT2D eigenvalue weighted by molar-refractivity contribution is -0.136. The highest BCUT2D eigenvalue weighted by Gasteiger charge is 2.41. The number of esters is 1. The molecule has 0 bridgehead atoms. The van der Waals surface area contributed by atoms with Crippen LogP contribution in [0, 0.1) is 0 Å². The van der Waals surface area contributed by atoms with Crippen LogP contribution in [0.2, 0.25) is 0 Å². The topological polar surface area (TPSA) is 63.2 Å². The SMILES string of the molecule is O=C1OCC2=C1[C@H](c1ccc3c(c1)OCO3)c1c(ccc3c1OCO3)C2. The molecule has 0 saturated carbocycles. The van der Waals surface area contributed by atoms with Crippen molar-refractivity contribution in [1.29, 1.82) is 0 Å². The summed E-state index contributed by atoms with van der Waals surface area (Å²) in [7, 11) is 0. The smallest absolute Gasteiger partial charge is 0.335 e. The van der Waals surface area contributed by atoms with Crippen LogP contribution in [0.1, 0.15) is 22.6 Å². The molecule has 6 nitrogen and oxygen atoms in total. The molecule has 0 aromatic heterocycles. The van der Waals surface area contributed by atoms with Crippen LogP contribution in [0.5, 0.6) is 23.0 Å². The largest absolute Gasteiger partial charge is 0.458 e. The van der Waals surface area contributed by atoms with Gasteiger partial charge in [-0.2, -0.15) is 0 Å². The van der Waals surface area contributed by atoms with Crippen LogP contribution in [0.25, 0.3) is 0 Å². The van der Waals surface area contributed by atoms with E-state index in [0.29, 0.717) is 35.8 Å². The monoisotopic (exact) mass is 350 g/mol. The summed E-state index contributed by atoms with van der Waals surface area (Å²) in [6.07, 6.45) is 0.689. The van der Waals surface area contributed by atoms with E-state index < -0.39 is 0 Å². The van der Waals surface area contributed by atoms with Crippen LogP contribution < -0.4 is 18.9 Å². The maximum Gasteiger partial charge on any atom is 0.335 e. The molecule has 3 heterocycles. The maximum atomic E-state index is 12.5. The van der Waals surface area contributed by atoms with Crippen LogP contribution in [0.3, 0.4) is 0 Å². The summed E-state index contributed by atoms with van der Waals surface area (Å²) in [6.45, 7) is 0.751. The number of cyclic esters (lactones) is 1. The van der Waals surface area contributed by atoms with Gasteiger partial charge >= 0.3 is 5.97 Å². The fraction of sp³-hybridized carbons (Fsp3) is 0.250. The first-order chi connectivity index (χ1) is 12.8. The fourth-order valence-electron chi connectivity index (χ4n) is 4.23. The van der Waals surface area contributed by atoms with Gasteiger partial charge in [-0.05, 0) is 41.3 Å². The Balaban J connectivity index is 1.60. The average molecular weight is 350 g/mol. The van der Waals surface area contributed by atoms with E-state index in [1.165, 1.54) is 0 Å². The number of carbonyl (C=O) groups excluding carboxylic acids is 1. The van der Waals surface area contributed by atoms with Crippen LogP contribution in [0.4, 0.5) is 0 Å². The zero-order valence-electron chi connectivity index (χ0n) is 13.7. The summed E-state index contributed by atoms with van der Waals surface area (Å²) in [5.41, 5.74) is 4.81. The number of hydrogen-bond donors (Lipinski definition) is 0. The summed E-state index contributed by atoms with van der Waals surface area (Å²) in [5.74, 6) is 2.31. The van der Waals surface area contributed by atoms with Crippen LogP contribution in [-0.2, 0) is 16.0 Å². The minimum Gasteiger partial charge on any atom is -0.458 e. The average Bonchev–Trinajstić information content (AvgIpc) is 3.39. The molecule has 2 aromatic carbocycles. The molecule has 1 atom stereocenters.